The van der Waals surface area contributed by atoms with E-state index in [1.807, 2.05) is 30.3 Å². The van der Waals surface area contributed by atoms with Crippen molar-refractivity contribution in [1.82, 2.24) is 0 Å². The molecule has 0 saturated heterocycles. The van der Waals surface area contributed by atoms with Gasteiger partial charge in [-0.1, -0.05) is 59.6 Å². The molecule has 0 radical (unpaired) electrons. The number of carbonyl (C=O) groups excluding carboxylic acids is 3. The highest BCUT2D eigenvalue weighted by atomic mass is 35.5. The van der Waals surface area contributed by atoms with Crippen molar-refractivity contribution in [2.75, 3.05) is 21.3 Å². The molecule has 0 aliphatic carbocycles. The third-order valence-corrected chi connectivity index (χ3v) is 6.47. The SMILES string of the molecule is COC(=O)CC1=NC(CCc2ccccc2)=C(C(=O)OC)C(c2c(Cl)cccc2Cl)C1C(=O)OC. The Bertz CT molecular complexity index is 1160. The summed E-state index contributed by atoms with van der Waals surface area (Å²) in [6.45, 7) is 0. The monoisotopic (exact) mass is 517 g/mol. The van der Waals surface area contributed by atoms with E-state index in [1.165, 1.54) is 21.3 Å². The summed E-state index contributed by atoms with van der Waals surface area (Å²) in [4.78, 5) is 43.1. The van der Waals surface area contributed by atoms with E-state index >= 15 is 0 Å². The molecule has 0 bridgehead atoms. The number of ether oxygens (including phenoxy) is 3. The van der Waals surface area contributed by atoms with Gasteiger partial charge >= 0.3 is 17.9 Å². The number of aryl methyl sites for hydroxylation is 1. The van der Waals surface area contributed by atoms with Crippen LogP contribution >= 0.6 is 23.2 Å². The minimum absolute atomic E-state index is 0.141. The van der Waals surface area contributed by atoms with E-state index in [0.717, 1.165) is 5.56 Å². The molecule has 0 amide bonds. The molecule has 1 aliphatic rings. The summed E-state index contributed by atoms with van der Waals surface area (Å²) >= 11 is 13.1. The maximum Gasteiger partial charge on any atom is 0.336 e. The number of hydrogen-bond donors (Lipinski definition) is 0. The van der Waals surface area contributed by atoms with E-state index in [1.54, 1.807) is 18.2 Å². The van der Waals surface area contributed by atoms with Crippen LogP contribution in [0.1, 0.15) is 29.9 Å². The normalized spacial score (nSPS) is 17.5. The number of allylic oxidation sites excluding steroid dienone is 1. The highest BCUT2D eigenvalue weighted by molar-refractivity contribution is 6.36. The molecule has 1 heterocycles. The smallest absolute Gasteiger partial charge is 0.336 e. The summed E-state index contributed by atoms with van der Waals surface area (Å²) < 4.78 is 15.0. The Labute approximate surface area is 213 Å². The highest BCUT2D eigenvalue weighted by Gasteiger charge is 2.46. The van der Waals surface area contributed by atoms with Crippen molar-refractivity contribution >= 4 is 46.8 Å². The van der Waals surface area contributed by atoms with Gasteiger partial charge in [-0.05, 0) is 36.1 Å². The van der Waals surface area contributed by atoms with Crippen LogP contribution in [-0.4, -0.2) is 44.9 Å². The van der Waals surface area contributed by atoms with Crippen LogP contribution in [0.4, 0.5) is 0 Å². The van der Waals surface area contributed by atoms with Crippen molar-refractivity contribution in [1.29, 1.82) is 0 Å². The zero-order chi connectivity index (χ0) is 25.5. The molecule has 1 aliphatic heterocycles. The van der Waals surface area contributed by atoms with Gasteiger partial charge in [0.2, 0.25) is 0 Å². The summed E-state index contributed by atoms with van der Waals surface area (Å²) in [5.41, 5.74) is 2.08. The Morgan fingerprint density at radius 2 is 1.51 bits per heavy atom. The van der Waals surface area contributed by atoms with E-state index < -0.39 is 29.7 Å². The molecule has 184 valence electrons. The number of esters is 3. The molecule has 0 aromatic heterocycles. The molecule has 3 rings (SSSR count). The maximum atomic E-state index is 13.2. The number of hydrogen-bond acceptors (Lipinski definition) is 7. The molecule has 7 nitrogen and oxygen atoms in total. The van der Waals surface area contributed by atoms with Crippen molar-refractivity contribution in [3.63, 3.8) is 0 Å². The van der Waals surface area contributed by atoms with Crippen molar-refractivity contribution in [3.05, 3.63) is 81.0 Å². The van der Waals surface area contributed by atoms with Crippen LogP contribution in [-0.2, 0) is 35.0 Å². The third-order valence-electron chi connectivity index (χ3n) is 5.81. The van der Waals surface area contributed by atoms with Crippen LogP contribution in [0.2, 0.25) is 10.0 Å². The molecule has 2 unspecified atom stereocenters. The van der Waals surface area contributed by atoms with Gasteiger partial charge in [-0.25, -0.2) is 4.79 Å². The summed E-state index contributed by atoms with van der Waals surface area (Å²) in [6, 6.07) is 14.5. The van der Waals surface area contributed by atoms with Crippen LogP contribution in [0.5, 0.6) is 0 Å². The van der Waals surface area contributed by atoms with E-state index in [0.29, 0.717) is 24.1 Å². The predicted octanol–water partition coefficient (Wildman–Crippen LogP) is 4.94. The zero-order valence-electron chi connectivity index (χ0n) is 19.5. The Morgan fingerprint density at radius 1 is 0.857 bits per heavy atom. The van der Waals surface area contributed by atoms with Crippen molar-refractivity contribution in [3.8, 4) is 0 Å². The summed E-state index contributed by atoms with van der Waals surface area (Å²) in [5.74, 6) is -4.10. The van der Waals surface area contributed by atoms with Crippen LogP contribution in [0.25, 0.3) is 0 Å². The molecule has 0 N–H and O–H groups in total. The number of aliphatic imine (C=N–C) groups is 1. The molecule has 0 spiro atoms. The minimum Gasteiger partial charge on any atom is -0.469 e. The standard InChI is InChI=1S/C26H25Cl2NO6/c1-33-20(30)14-19-23(26(32)35-3)24(21-16(27)10-7-11-17(21)28)22(25(31)34-2)18(29-19)13-12-15-8-5-4-6-9-15/h4-11,23-24H,12-14H2,1-3H3. The van der Waals surface area contributed by atoms with Gasteiger partial charge in [0.15, 0.2) is 0 Å². The van der Waals surface area contributed by atoms with Gasteiger partial charge in [-0.3, -0.25) is 14.6 Å². The number of rotatable bonds is 8. The van der Waals surface area contributed by atoms with Crippen LogP contribution in [0, 0.1) is 5.92 Å². The quantitative estimate of drug-likeness (QED) is 0.363. The molecule has 9 heteroatoms. The van der Waals surface area contributed by atoms with Crippen molar-refractivity contribution in [2.45, 2.75) is 25.2 Å². The van der Waals surface area contributed by atoms with E-state index in [9.17, 15) is 14.4 Å². The van der Waals surface area contributed by atoms with Gasteiger partial charge in [0.1, 0.15) is 5.92 Å². The Hall–Kier alpha value is -3.16. The second-order valence-electron chi connectivity index (χ2n) is 7.81. The van der Waals surface area contributed by atoms with Gasteiger partial charge in [-0.2, -0.15) is 0 Å². The fraction of sp³-hybridized carbons (Fsp3) is 0.308. The molecule has 0 saturated carbocycles. The molecular weight excluding hydrogens is 493 g/mol. The number of benzene rings is 2. The summed E-state index contributed by atoms with van der Waals surface area (Å²) in [6.07, 6.45) is 0.612. The fourth-order valence-corrected chi connectivity index (χ4v) is 4.81. The average Bonchev–Trinajstić information content (AvgIpc) is 2.86. The summed E-state index contributed by atoms with van der Waals surface area (Å²) in [7, 11) is 3.71. The Morgan fingerprint density at radius 3 is 2.09 bits per heavy atom. The number of halogens is 2. The first-order valence-corrected chi connectivity index (χ1v) is 11.6. The molecule has 2 aromatic rings. The average molecular weight is 518 g/mol. The second-order valence-corrected chi connectivity index (χ2v) is 8.62. The number of carbonyl (C=O) groups is 3. The fourth-order valence-electron chi connectivity index (χ4n) is 4.18. The third kappa shape index (κ3) is 5.92. The second kappa shape index (κ2) is 12.0. The lowest BCUT2D eigenvalue weighted by molar-refractivity contribution is -0.143. The maximum absolute atomic E-state index is 13.2. The van der Waals surface area contributed by atoms with Crippen LogP contribution in [0.3, 0.4) is 0 Å². The van der Waals surface area contributed by atoms with Gasteiger partial charge in [0.05, 0.1) is 39.0 Å². The molecular formula is C26H25Cl2NO6. The molecule has 0 fully saturated rings. The number of methoxy groups -OCH3 is 3. The Balaban J connectivity index is 2.27. The Kier molecular flexibility index (Phi) is 9.07. The molecule has 35 heavy (non-hydrogen) atoms. The minimum atomic E-state index is -1.15. The zero-order valence-corrected chi connectivity index (χ0v) is 21.1. The first-order valence-electron chi connectivity index (χ1n) is 10.8. The first kappa shape index (κ1) is 26.4. The lowest BCUT2D eigenvalue weighted by atomic mass is 9.74. The van der Waals surface area contributed by atoms with Gasteiger partial charge in [0, 0.05) is 21.7 Å². The lowest BCUT2D eigenvalue weighted by Crippen LogP contribution is -2.38. The van der Waals surface area contributed by atoms with Crippen molar-refractivity contribution < 1.29 is 28.6 Å². The van der Waals surface area contributed by atoms with Gasteiger partial charge in [0.25, 0.3) is 0 Å². The molecule has 2 aromatic carbocycles. The van der Waals surface area contributed by atoms with Crippen molar-refractivity contribution in [2.24, 2.45) is 10.9 Å². The van der Waals surface area contributed by atoms with E-state index in [2.05, 4.69) is 4.99 Å². The van der Waals surface area contributed by atoms with E-state index in [4.69, 9.17) is 37.4 Å². The lowest BCUT2D eigenvalue weighted by Gasteiger charge is -2.33. The van der Waals surface area contributed by atoms with Gasteiger partial charge in [-0.15, -0.1) is 0 Å². The molecule has 2 atom stereocenters. The van der Waals surface area contributed by atoms with E-state index in [-0.39, 0.29) is 27.8 Å². The van der Waals surface area contributed by atoms with Gasteiger partial charge < -0.3 is 14.2 Å². The first-order chi connectivity index (χ1) is 16.8. The van der Waals surface area contributed by atoms with Crippen LogP contribution < -0.4 is 0 Å². The topological polar surface area (TPSA) is 91.3 Å². The highest BCUT2D eigenvalue weighted by Crippen LogP contribution is 2.46. The summed E-state index contributed by atoms with van der Waals surface area (Å²) in [5, 5.41) is 0.499. The largest absolute Gasteiger partial charge is 0.469 e. The predicted molar refractivity (Wildman–Crippen MR) is 133 cm³/mol. The number of nitrogens with zero attached hydrogens (tertiary/aromatic N) is 1. The van der Waals surface area contributed by atoms with Crippen LogP contribution in [0.15, 0.2) is 64.8 Å².